The number of hydrogen-bond acceptors (Lipinski definition) is 2. The van der Waals surface area contributed by atoms with Crippen molar-refractivity contribution in [2.75, 3.05) is 6.54 Å². The quantitative estimate of drug-likeness (QED) is 0.593. The summed E-state index contributed by atoms with van der Waals surface area (Å²) < 4.78 is 0. The lowest BCUT2D eigenvalue weighted by atomic mass is 9.97. The Morgan fingerprint density at radius 3 is 2.61 bits per heavy atom. The van der Waals surface area contributed by atoms with Gasteiger partial charge >= 0.3 is 0 Å². The van der Waals surface area contributed by atoms with Gasteiger partial charge in [-0.25, -0.2) is 0 Å². The number of hydrogen-bond donors (Lipinski definition) is 2. The third-order valence-electron chi connectivity index (χ3n) is 3.91. The van der Waals surface area contributed by atoms with Gasteiger partial charge in [-0.05, 0) is 43.7 Å². The van der Waals surface area contributed by atoms with Gasteiger partial charge < -0.3 is 10.6 Å². The monoisotopic (exact) mass is 334 g/mol. The zero-order valence-electron chi connectivity index (χ0n) is 13.2. The molecule has 4 nitrogen and oxygen atoms in total. The molecule has 2 rings (SSSR count). The summed E-state index contributed by atoms with van der Waals surface area (Å²) in [5.74, 6) is -0.530. The van der Waals surface area contributed by atoms with Crippen molar-refractivity contribution in [1.29, 1.82) is 0 Å². The Labute approximate surface area is 142 Å². The molecule has 0 bridgehead atoms. The van der Waals surface area contributed by atoms with Crippen LogP contribution in [0.15, 0.2) is 35.9 Å². The summed E-state index contributed by atoms with van der Waals surface area (Å²) in [5, 5.41) is 6.13. The molecule has 0 radical (unpaired) electrons. The Hall–Kier alpha value is -1.81. The number of nitrogens with one attached hydrogen (secondary N) is 2. The lowest BCUT2D eigenvalue weighted by Crippen LogP contribution is -2.32. The van der Waals surface area contributed by atoms with Crippen LogP contribution in [-0.4, -0.2) is 18.4 Å². The van der Waals surface area contributed by atoms with E-state index in [1.165, 1.54) is 18.4 Å². The molecule has 1 aromatic carbocycles. The molecule has 0 aromatic heterocycles. The highest BCUT2D eigenvalue weighted by Crippen LogP contribution is 2.19. The molecule has 0 atom stereocenters. The number of rotatable bonds is 7. The van der Waals surface area contributed by atoms with Gasteiger partial charge in [0, 0.05) is 18.1 Å². The van der Waals surface area contributed by atoms with E-state index in [2.05, 4.69) is 16.7 Å². The van der Waals surface area contributed by atoms with Gasteiger partial charge in [-0.15, -0.1) is 0 Å². The van der Waals surface area contributed by atoms with Gasteiger partial charge in [0.05, 0.1) is 0 Å². The van der Waals surface area contributed by atoms with E-state index >= 15 is 0 Å². The highest BCUT2D eigenvalue weighted by atomic mass is 35.5. The van der Waals surface area contributed by atoms with Gasteiger partial charge in [-0.2, -0.15) is 0 Å². The van der Waals surface area contributed by atoms with Crippen LogP contribution < -0.4 is 10.6 Å². The SMILES string of the molecule is O=C(CC(=O)NCc1ccccc1Cl)NCCC1=CCCCC1. The van der Waals surface area contributed by atoms with E-state index in [0.29, 0.717) is 18.1 Å². The molecule has 0 fully saturated rings. The van der Waals surface area contributed by atoms with E-state index in [1.54, 1.807) is 6.07 Å². The summed E-state index contributed by atoms with van der Waals surface area (Å²) in [7, 11) is 0. The lowest BCUT2D eigenvalue weighted by molar-refractivity contribution is -0.129. The van der Waals surface area contributed by atoms with Crippen LogP contribution in [0.5, 0.6) is 0 Å². The largest absolute Gasteiger partial charge is 0.355 e. The summed E-state index contributed by atoms with van der Waals surface area (Å²) in [6.07, 6.45) is 7.79. The molecular weight excluding hydrogens is 312 g/mol. The van der Waals surface area contributed by atoms with Crippen molar-refractivity contribution in [3.8, 4) is 0 Å². The summed E-state index contributed by atoms with van der Waals surface area (Å²) in [5.41, 5.74) is 2.26. The van der Waals surface area contributed by atoms with Crippen LogP contribution in [0.4, 0.5) is 0 Å². The molecular formula is C18H23ClN2O2. The summed E-state index contributed by atoms with van der Waals surface area (Å²) >= 11 is 6.02. The average molecular weight is 335 g/mol. The van der Waals surface area contributed by atoms with Crippen LogP contribution in [0.1, 0.15) is 44.1 Å². The third-order valence-corrected chi connectivity index (χ3v) is 4.28. The molecule has 1 aliphatic carbocycles. The van der Waals surface area contributed by atoms with E-state index in [9.17, 15) is 9.59 Å². The first-order chi connectivity index (χ1) is 11.1. The van der Waals surface area contributed by atoms with Gasteiger partial charge in [0.2, 0.25) is 11.8 Å². The van der Waals surface area contributed by atoms with Crippen molar-refractivity contribution in [3.05, 3.63) is 46.5 Å². The topological polar surface area (TPSA) is 58.2 Å². The minimum absolute atomic E-state index is 0.149. The predicted molar refractivity (Wildman–Crippen MR) is 92.1 cm³/mol. The molecule has 23 heavy (non-hydrogen) atoms. The number of allylic oxidation sites excluding steroid dienone is 1. The Kier molecular flexibility index (Phi) is 7.14. The van der Waals surface area contributed by atoms with Crippen molar-refractivity contribution in [2.45, 2.75) is 45.1 Å². The van der Waals surface area contributed by atoms with Gasteiger partial charge in [0.15, 0.2) is 0 Å². The summed E-state index contributed by atoms with van der Waals surface area (Å²) in [6, 6.07) is 7.32. The zero-order valence-corrected chi connectivity index (χ0v) is 14.0. The van der Waals surface area contributed by atoms with Crippen LogP contribution in [0.25, 0.3) is 0 Å². The number of amides is 2. The molecule has 0 unspecified atom stereocenters. The minimum Gasteiger partial charge on any atom is -0.355 e. The van der Waals surface area contributed by atoms with E-state index in [-0.39, 0.29) is 18.2 Å². The second kappa shape index (κ2) is 9.36. The van der Waals surface area contributed by atoms with Crippen LogP contribution in [-0.2, 0) is 16.1 Å². The first-order valence-corrected chi connectivity index (χ1v) is 8.47. The van der Waals surface area contributed by atoms with Crippen LogP contribution >= 0.6 is 11.6 Å². The first kappa shape index (κ1) is 17.5. The van der Waals surface area contributed by atoms with Gasteiger partial charge in [0.25, 0.3) is 0 Å². The first-order valence-electron chi connectivity index (χ1n) is 8.10. The number of benzene rings is 1. The van der Waals surface area contributed by atoms with E-state index < -0.39 is 0 Å². The highest BCUT2D eigenvalue weighted by molar-refractivity contribution is 6.31. The maximum absolute atomic E-state index is 11.8. The maximum Gasteiger partial charge on any atom is 0.229 e. The molecule has 124 valence electrons. The molecule has 0 aliphatic heterocycles. The molecule has 0 saturated heterocycles. The van der Waals surface area contributed by atoms with Crippen molar-refractivity contribution < 1.29 is 9.59 Å². The van der Waals surface area contributed by atoms with Crippen LogP contribution in [0, 0.1) is 0 Å². The molecule has 1 aromatic rings. The van der Waals surface area contributed by atoms with Crippen LogP contribution in [0.2, 0.25) is 5.02 Å². The summed E-state index contributed by atoms with van der Waals surface area (Å²) in [4.78, 5) is 23.5. The predicted octanol–water partition coefficient (Wildman–Crippen LogP) is 3.35. The van der Waals surface area contributed by atoms with Crippen molar-refractivity contribution in [2.24, 2.45) is 0 Å². The third kappa shape index (κ3) is 6.45. The fraction of sp³-hybridized carbons (Fsp3) is 0.444. The molecule has 2 amide bonds. The zero-order chi connectivity index (χ0) is 16.5. The maximum atomic E-state index is 11.8. The van der Waals surface area contributed by atoms with Crippen molar-refractivity contribution in [3.63, 3.8) is 0 Å². The van der Waals surface area contributed by atoms with E-state index in [1.807, 2.05) is 18.2 Å². The molecule has 2 N–H and O–H groups in total. The second-order valence-corrected chi connectivity index (χ2v) is 6.16. The normalized spacial score (nSPS) is 14.0. The van der Waals surface area contributed by atoms with E-state index in [0.717, 1.165) is 24.8 Å². The van der Waals surface area contributed by atoms with Crippen molar-refractivity contribution in [1.82, 2.24) is 10.6 Å². The van der Waals surface area contributed by atoms with Gasteiger partial charge in [-0.1, -0.05) is 41.4 Å². The lowest BCUT2D eigenvalue weighted by Gasteiger charge is -2.13. The molecule has 0 saturated carbocycles. The number of carbonyl (C=O) groups excluding carboxylic acids is 2. The highest BCUT2D eigenvalue weighted by Gasteiger charge is 2.10. The van der Waals surface area contributed by atoms with Gasteiger partial charge in [-0.3, -0.25) is 9.59 Å². The Bertz CT molecular complexity index is 584. The molecule has 5 heteroatoms. The number of carbonyl (C=O) groups is 2. The Morgan fingerprint density at radius 1 is 1.09 bits per heavy atom. The standard InChI is InChI=1S/C18H23ClN2O2/c19-16-9-5-4-8-15(16)13-21-18(23)12-17(22)20-11-10-14-6-2-1-3-7-14/h4-6,8-9H,1-3,7,10-13H2,(H,20,22)(H,21,23). The van der Waals surface area contributed by atoms with Gasteiger partial charge in [0.1, 0.15) is 6.42 Å². The molecule has 1 aliphatic rings. The summed E-state index contributed by atoms with van der Waals surface area (Å²) in [6.45, 7) is 0.932. The minimum atomic E-state index is -0.292. The second-order valence-electron chi connectivity index (χ2n) is 5.75. The average Bonchev–Trinajstić information content (AvgIpc) is 2.55. The fourth-order valence-corrected chi connectivity index (χ4v) is 2.80. The smallest absolute Gasteiger partial charge is 0.229 e. The van der Waals surface area contributed by atoms with Crippen LogP contribution in [0.3, 0.4) is 0 Å². The Balaban J connectivity index is 1.63. The van der Waals surface area contributed by atoms with E-state index in [4.69, 9.17) is 11.6 Å². The Morgan fingerprint density at radius 2 is 1.87 bits per heavy atom. The molecule has 0 spiro atoms. The molecule has 0 heterocycles. The fourth-order valence-electron chi connectivity index (χ4n) is 2.60. The van der Waals surface area contributed by atoms with Crippen molar-refractivity contribution >= 4 is 23.4 Å². The number of halogens is 1.